The van der Waals surface area contributed by atoms with Crippen molar-refractivity contribution in [3.63, 3.8) is 0 Å². The van der Waals surface area contributed by atoms with Gasteiger partial charge in [-0.3, -0.25) is 15.6 Å². The summed E-state index contributed by atoms with van der Waals surface area (Å²) >= 11 is 3.51. The number of nitrogens with two attached hydrogens (primary N) is 1. The number of nitrogens with one attached hydrogen (secondary N) is 4. The van der Waals surface area contributed by atoms with Gasteiger partial charge in [0.05, 0.1) is 12.7 Å². The third-order valence-electron chi connectivity index (χ3n) is 5.77. The number of halogens is 1. The number of anilines is 1. The number of allylic oxidation sites excluding steroid dienone is 2. The molecule has 4 unspecified atom stereocenters. The lowest BCUT2D eigenvalue weighted by Crippen LogP contribution is -2.51. The number of hydrazine groups is 1. The van der Waals surface area contributed by atoms with Crippen LogP contribution in [0.5, 0.6) is 0 Å². The number of benzene rings is 1. The van der Waals surface area contributed by atoms with Crippen molar-refractivity contribution in [3.8, 4) is 0 Å². The molecule has 0 aliphatic heterocycles. The van der Waals surface area contributed by atoms with Gasteiger partial charge in [0.15, 0.2) is 0 Å². The molecular formula is C27H36BrN5O4. The largest absolute Gasteiger partial charge is 0.495 e. The van der Waals surface area contributed by atoms with Crippen LogP contribution < -0.4 is 21.9 Å². The van der Waals surface area contributed by atoms with Crippen LogP contribution >= 0.6 is 15.9 Å². The van der Waals surface area contributed by atoms with Crippen LogP contribution in [0.15, 0.2) is 71.6 Å². The van der Waals surface area contributed by atoms with Gasteiger partial charge in [0.2, 0.25) is 0 Å². The SMILES string of the molecule is CCOC1=CC(C(Nc2ccc(C(=N)N)cc2)C(=O)NNC(O)C2=CCC(Br)C=C2)=CCC1OC(C)C. The molecule has 37 heavy (non-hydrogen) atoms. The number of amidine groups is 1. The summed E-state index contributed by atoms with van der Waals surface area (Å²) in [5.41, 5.74) is 13.5. The third-order valence-corrected chi connectivity index (χ3v) is 6.45. The number of amides is 1. The molecule has 1 amide bonds. The molecule has 0 saturated heterocycles. The number of alkyl halides is 1. The van der Waals surface area contributed by atoms with Gasteiger partial charge in [0.25, 0.3) is 5.91 Å². The van der Waals surface area contributed by atoms with Crippen LogP contribution in [0.1, 0.15) is 39.2 Å². The van der Waals surface area contributed by atoms with Crippen LogP contribution in [-0.2, 0) is 14.3 Å². The van der Waals surface area contributed by atoms with Crippen molar-refractivity contribution < 1.29 is 19.4 Å². The molecule has 0 fully saturated rings. The van der Waals surface area contributed by atoms with Gasteiger partial charge >= 0.3 is 0 Å². The van der Waals surface area contributed by atoms with Crippen molar-refractivity contribution >= 4 is 33.4 Å². The summed E-state index contributed by atoms with van der Waals surface area (Å²) in [6.45, 7) is 6.32. The highest BCUT2D eigenvalue weighted by Gasteiger charge is 2.29. The molecule has 10 heteroatoms. The first-order chi connectivity index (χ1) is 17.7. The molecule has 7 N–H and O–H groups in total. The first kappa shape index (κ1) is 28.6. The molecule has 0 heterocycles. The highest BCUT2D eigenvalue weighted by Crippen LogP contribution is 2.27. The average molecular weight is 575 g/mol. The van der Waals surface area contributed by atoms with E-state index in [-0.39, 0.29) is 22.9 Å². The summed E-state index contributed by atoms with van der Waals surface area (Å²) in [5.74, 6) is 0.233. The zero-order valence-corrected chi connectivity index (χ0v) is 22.9. The van der Waals surface area contributed by atoms with Gasteiger partial charge in [0.1, 0.15) is 30.0 Å². The quantitative estimate of drug-likeness (QED) is 0.0739. The summed E-state index contributed by atoms with van der Waals surface area (Å²) in [5, 5.41) is 21.4. The molecule has 200 valence electrons. The topological polar surface area (TPSA) is 142 Å². The maximum atomic E-state index is 13.4. The lowest BCUT2D eigenvalue weighted by Gasteiger charge is -2.29. The summed E-state index contributed by atoms with van der Waals surface area (Å²) in [6, 6.07) is 6.14. The molecule has 9 nitrogen and oxygen atoms in total. The van der Waals surface area contributed by atoms with Crippen LogP contribution in [0.2, 0.25) is 0 Å². The molecule has 4 atom stereocenters. The number of nitrogen functional groups attached to an aromatic ring is 1. The average Bonchev–Trinajstić information content (AvgIpc) is 2.87. The second kappa shape index (κ2) is 13.6. The van der Waals surface area contributed by atoms with Crippen LogP contribution in [0.25, 0.3) is 0 Å². The number of rotatable bonds is 12. The van der Waals surface area contributed by atoms with Gasteiger partial charge < -0.3 is 25.6 Å². The monoisotopic (exact) mass is 573 g/mol. The number of aliphatic hydroxyl groups excluding tert-OH is 1. The Hall–Kier alpha value is -2.92. The number of ether oxygens (including phenoxy) is 2. The van der Waals surface area contributed by atoms with Gasteiger partial charge in [-0.2, -0.15) is 0 Å². The van der Waals surface area contributed by atoms with Gasteiger partial charge in [-0.05, 0) is 75.1 Å². The van der Waals surface area contributed by atoms with E-state index in [1.807, 2.05) is 51.2 Å². The van der Waals surface area contributed by atoms with E-state index in [1.165, 1.54) is 0 Å². The molecule has 0 radical (unpaired) electrons. The Labute approximate surface area is 226 Å². The van der Waals surface area contributed by atoms with E-state index in [0.717, 1.165) is 6.42 Å². The normalized spacial score (nSPS) is 20.9. The minimum Gasteiger partial charge on any atom is -0.495 e. The first-order valence-electron chi connectivity index (χ1n) is 12.3. The maximum absolute atomic E-state index is 13.4. The lowest BCUT2D eigenvalue weighted by molar-refractivity contribution is -0.122. The van der Waals surface area contributed by atoms with Gasteiger partial charge in [0, 0.05) is 16.1 Å². The molecule has 2 aliphatic carbocycles. The fourth-order valence-corrected chi connectivity index (χ4v) is 4.29. The highest BCUT2D eigenvalue weighted by atomic mass is 79.9. The summed E-state index contributed by atoms with van der Waals surface area (Å²) in [7, 11) is 0. The van der Waals surface area contributed by atoms with Crippen LogP contribution in [0.3, 0.4) is 0 Å². The molecule has 1 aromatic carbocycles. The Morgan fingerprint density at radius 1 is 1.22 bits per heavy atom. The van der Waals surface area contributed by atoms with Crippen molar-refractivity contribution in [2.75, 3.05) is 11.9 Å². The van der Waals surface area contributed by atoms with Crippen LogP contribution in [0.4, 0.5) is 5.69 Å². The van der Waals surface area contributed by atoms with E-state index < -0.39 is 18.2 Å². The summed E-state index contributed by atoms with van der Waals surface area (Å²) in [6.07, 6.45) is 9.48. The van der Waals surface area contributed by atoms with Crippen molar-refractivity contribution in [2.45, 2.75) is 62.9 Å². The fraction of sp³-hybridized carbons (Fsp3) is 0.407. The predicted octanol–water partition coefficient (Wildman–Crippen LogP) is 3.38. The van der Waals surface area contributed by atoms with Crippen molar-refractivity contribution in [3.05, 3.63) is 77.1 Å². The lowest BCUT2D eigenvalue weighted by atomic mass is 9.96. The number of carbonyl (C=O) groups is 1. The molecule has 1 aromatic rings. The van der Waals surface area contributed by atoms with E-state index in [2.05, 4.69) is 32.1 Å². The van der Waals surface area contributed by atoms with E-state index >= 15 is 0 Å². The van der Waals surface area contributed by atoms with Gasteiger partial charge in [-0.1, -0.05) is 40.2 Å². The zero-order valence-electron chi connectivity index (χ0n) is 21.3. The van der Waals surface area contributed by atoms with Gasteiger partial charge in [-0.25, -0.2) is 5.43 Å². The van der Waals surface area contributed by atoms with Crippen molar-refractivity contribution in [2.24, 2.45) is 5.73 Å². The van der Waals surface area contributed by atoms with E-state index in [4.69, 9.17) is 20.6 Å². The second-order valence-corrected chi connectivity index (χ2v) is 10.2. The predicted molar refractivity (Wildman–Crippen MR) is 149 cm³/mol. The standard InChI is InChI=1S/C27H36BrN5O4/c1-4-36-23-15-19(9-14-22(23)37-16(2)3)24(31-21-12-7-17(8-13-21)25(29)30)27(35)33-32-26(34)18-5-10-20(28)11-6-18/h5-10,12-13,15-16,20,22,24,26,31-32,34H,4,11,14H2,1-3H3,(H3,29,30)(H,33,35). The van der Waals surface area contributed by atoms with Crippen LogP contribution in [-0.4, -0.2) is 52.8 Å². The second-order valence-electron chi connectivity index (χ2n) is 9.01. The minimum atomic E-state index is -1.06. The first-order valence-corrected chi connectivity index (χ1v) is 13.3. The van der Waals surface area contributed by atoms with E-state index in [0.29, 0.717) is 41.2 Å². The third kappa shape index (κ3) is 8.29. The molecule has 2 aliphatic rings. The molecule has 3 rings (SSSR count). The van der Waals surface area contributed by atoms with Gasteiger partial charge in [-0.15, -0.1) is 0 Å². The number of carbonyl (C=O) groups excluding carboxylic acids is 1. The highest BCUT2D eigenvalue weighted by molar-refractivity contribution is 9.09. The van der Waals surface area contributed by atoms with E-state index in [9.17, 15) is 9.90 Å². The Morgan fingerprint density at radius 2 is 1.92 bits per heavy atom. The maximum Gasteiger partial charge on any atom is 0.261 e. The molecule has 0 aromatic heterocycles. The molecular weight excluding hydrogens is 538 g/mol. The van der Waals surface area contributed by atoms with E-state index in [1.54, 1.807) is 24.3 Å². The smallest absolute Gasteiger partial charge is 0.261 e. The zero-order chi connectivity index (χ0) is 26.9. The Balaban J connectivity index is 1.80. The molecule has 0 bridgehead atoms. The number of hydrogen-bond donors (Lipinski definition) is 6. The Bertz CT molecular complexity index is 1080. The summed E-state index contributed by atoms with van der Waals surface area (Å²) < 4.78 is 11.9. The molecule has 0 spiro atoms. The Kier molecular flexibility index (Phi) is 10.5. The van der Waals surface area contributed by atoms with Crippen molar-refractivity contribution in [1.82, 2.24) is 10.9 Å². The fourth-order valence-electron chi connectivity index (χ4n) is 3.95. The number of aliphatic hydroxyl groups is 1. The molecule has 0 saturated carbocycles. The van der Waals surface area contributed by atoms with Crippen LogP contribution in [0, 0.1) is 5.41 Å². The van der Waals surface area contributed by atoms with Crippen molar-refractivity contribution in [1.29, 1.82) is 5.41 Å². The number of hydrogen-bond acceptors (Lipinski definition) is 7. The summed E-state index contributed by atoms with van der Waals surface area (Å²) in [4.78, 5) is 13.6. The Morgan fingerprint density at radius 3 is 2.51 bits per heavy atom. The minimum absolute atomic E-state index is 0.0227.